The number of hydrogen-bond donors (Lipinski definition) is 3. The number of allylic oxidation sites excluding steroid dienone is 16. The zero-order chi connectivity index (χ0) is 44.8. The topological polar surface area (TPSA) is 155 Å². The van der Waals surface area contributed by atoms with Crippen molar-refractivity contribution in [3.63, 3.8) is 0 Å². The minimum atomic E-state index is -4.63. The second-order valence-electron chi connectivity index (χ2n) is 15.1. The summed E-state index contributed by atoms with van der Waals surface area (Å²) in [5, 5.41) is 8.91. The van der Waals surface area contributed by atoms with Crippen LogP contribution in [0.3, 0.4) is 0 Å². The second kappa shape index (κ2) is 44.9. The molecule has 0 aromatic carbocycles. The van der Waals surface area contributed by atoms with Gasteiger partial charge in [-0.05, 0) is 89.9 Å². The lowest BCUT2D eigenvalue weighted by molar-refractivity contribution is -0.154. The van der Waals surface area contributed by atoms with Gasteiger partial charge >= 0.3 is 19.8 Å². The highest BCUT2D eigenvalue weighted by molar-refractivity contribution is 7.47. The number of rotatable bonds is 43. The number of carboxylic acids is 1. The molecule has 0 amide bonds. The number of ether oxygens (including phenoxy) is 2. The van der Waals surface area contributed by atoms with Gasteiger partial charge in [0.1, 0.15) is 12.1 Å². The van der Waals surface area contributed by atoms with Crippen LogP contribution in [-0.4, -0.2) is 60.5 Å². The fourth-order valence-corrected chi connectivity index (χ4v) is 6.60. The minimum absolute atomic E-state index is 0.00276. The van der Waals surface area contributed by atoms with Crippen molar-refractivity contribution in [1.29, 1.82) is 0 Å². The van der Waals surface area contributed by atoms with E-state index in [0.717, 1.165) is 109 Å². The van der Waals surface area contributed by atoms with Gasteiger partial charge in [0, 0.05) is 13.0 Å². The van der Waals surface area contributed by atoms with E-state index in [9.17, 15) is 19.0 Å². The summed E-state index contributed by atoms with van der Waals surface area (Å²) < 4.78 is 33.4. The Bertz CT molecular complexity index is 1330. The van der Waals surface area contributed by atoms with Gasteiger partial charge in [-0.2, -0.15) is 0 Å². The zero-order valence-electron chi connectivity index (χ0n) is 38.0. The number of carbonyl (C=O) groups is 2. The van der Waals surface area contributed by atoms with Crippen LogP contribution in [0, 0.1) is 0 Å². The van der Waals surface area contributed by atoms with Gasteiger partial charge in [-0.15, -0.1) is 0 Å². The van der Waals surface area contributed by atoms with Crippen LogP contribution in [0.5, 0.6) is 0 Å². The van der Waals surface area contributed by atoms with Gasteiger partial charge in [0.2, 0.25) is 0 Å². The molecule has 348 valence electrons. The van der Waals surface area contributed by atoms with Crippen molar-refractivity contribution in [2.24, 2.45) is 5.73 Å². The van der Waals surface area contributed by atoms with Crippen LogP contribution in [0.4, 0.5) is 0 Å². The summed E-state index contributed by atoms with van der Waals surface area (Å²) in [5.41, 5.74) is 5.36. The Morgan fingerprint density at radius 1 is 0.525 bits per heavy atom. The molecule has 61 heavy (non-hydrogen) atoms. The third-order valence-electron chi connectivity index (χ3n) is 9.36. The molecular formula is C50H84NO9P. The number of carbonyl (C=O) groups excluding carboxylic acids is 1. The molecular weight excluding hydrogens is 790 g/mol. The average molecular weight is 874 g/mol. The Hall–Kier alpha value is -3.11. The van der Waals surface area contributed by atoms with Gasteiger partial charge in [-0.25, -0.2) is 4.57 Å². The smallest absolute Gasteiger partial charge is 0.472 e. The first-order chi connectivity index (χ1) is 29.7. The van der Waals surface area contributed by atoms with Crippen LogP contribution in [0.2, 0.25) is 0 Å². The highest BCUT2D eigenvalue weighted by atomic mass is 31.2. The summed E-state index contributed by atoms with van der Waals surface area (Å²) in [6, 6.07) is -1.48. The molecule has 0 bridgehead atoms. The number of hydrogen-bond acceptors (Lipinski definition) is 8. The molecule has 0 aliphatic carbocycles. The molecule has 0 heterocycles. The van der Waals surface area contributed by atoms with Crippen LogP contribution in [-0.2, 0) is 32.7 Å². The Morgan fingerprint density at radius 3 is 1.34 bits per heavy atom. The standard InChI is InChI=1S/C50H84NO9P/c1-3-5-7-9-11-13-15-17-19-21-23-24-25-26-28-30-32-34-36-38-40-42-49(52)60-47(45-58-61(55,56)59-46-48(51)50(53)54)44-57-43-41-39-37-35-33-31-29-27-22-20-18-16-14-12-10-8-6-4-2/h5-8,11-14,17-20,23-24,26,28,47-48H,3-4,9-10,15-16,21-22,25,27,29-46,51H2,1-2H3,(H,53,54)(H,55,56)/b7-5-,8-6-,13-11-,14-12-,19-17-,20-18-,24-23-,28-26-. The zero-order valence-corrected chi connectivity index (χ0v) is 38.9. The molecule has 0 aliphatic rings. The molecule has 3 unspecified atom stereocenters. The highest BCUT2D eigenvalue weighted by Gasteiger charge is 2.27. The maximum atomic E-state index is 12.7. The van der Waals surface area contributed by atoms with E-state index in [-0.39, 0.29) is 13.0 Å². The molecule has 0 rings (SSSR count). The number of carboxylic acid groups (broad SMARTS) is 1. The molecule has 0 saturated heterocycles. The van der Waals surface area contributed by atoms with Crippen molar-refractivity contribution >= 4 is 19.8 Å². The Labute approximate surface area is 370 Å². The number of esters is 1. The summed E-state index contributed by atoms with van der Waals surface area (Å²) in [6.07, 6.45) is 58.8. The summed E-state index contributed by atoms with van der Waals surface area (Å²) in [6.45, 7) is 3.60. The fraction of sp³-hybridized carbons (Fsp3) is 0.640. The predicted octanol–water partition coefficient (Wildman–Crippen LogP) is 13.3. The lowest BCUT2D eigenvalue weighted by Crippen LogP contribution is -2.34. The fourth-order valence-electron chi connectivity index (χ4n) is 5.82. The van der Waals surface area contributed by atoms with Crippen molar-refractivity contribution in [1.82, 2.24) is 0 Å². The van der Waals surface area contributed by atoms with Gasteiger partial charge in [0.15, 0.2) is 0 Å². The molecule has 10 nitrogen and oxygen atoms in total. The Morgan fingerprint density at radius 2 is 0.902 bits per heavy atom. The van der Waals surface area contributed by atoms with Gasteiger partial charge in [-0.3, -0.25) is 18.6 Å². The molecule has 0 aromatic rings. The van der Waals surface area contributed by atoms with Crippen molar-refractivity contribution in [3.8, 4) is 0 Å². The van der Waals surface area contributed by atoms with Crippen molar-refractivity contribution in [3.05, 3.63) is 97.2 Å². The van der Waals surface area contributed by atoms with Crippen molar-refractivity contribution in [2.75, 3.05) is 26.4 Å². The van der Waals surface area contributed by atoms with Crippen LogP contribution >= 0.6 is 7.82 Å². The SMILES string of the molecule is CC/C=C\C/C=C\C/C=C\C/C=C\C/C=C\CCCCCCCC(=O)OC(COCCCCCCCCCC/C=C\C/C=C\C/C=C\CC)COP(=O)(O)OCC(N)C(=O)O. The second-order valence-corrected chi connectivity index (χ2v) is 16.6. The monoisotopic (exact) mass is 874 g/mol. The molecule has 3 atom stereocenters. The van der Waals surface area contributed by atoms with E-state index in [1.807, 2.05) is 0 Å². The van der Waals surface area contributed by atoms with Crippen molar-refractivity contribution < 1.29 is 42.7 Å². The van der Waals surface area contributed by atoms with E-state index in [1.165, 1.54) is 32.1 Å². The molecule has 0 saturated carbocycles. The Balaban J connectivity index is 4.28. The molecule has 0 aromatic heterocycles. The summed E-state index contributed by atoms with van der Waals surface area (Å²) in [4.78, 5) is 33.6. The highest BCUT2D eigenvalue weighted by Crippen LogP contribution is 2.43. The summed E-state index contributed by atoms with van der Waals surface area (Å²) in [5.74, 6) is -1.81. The number of nitrogens with two attached hydrogens (primary N) is 1. The molecule has 0 aliphatic heterocycles. The van der Waals surface area contributed by atoms with Crippen molar-refractivity contribution in [2.45, 2.75) is 180 Å². The third kappa shape index (κ3) is 44.7. The van der Waals surface area contributed by atoms with E-state index >= 15 is 0 Å². The number of phosphoric acid groups is 1. The molecule has 4 N–H and O–H groups in total. The number of phosphoric ester groups is 1. The quantitative estimate of drug-likeness (QED) is 0.0233. The predicted molar refractivity (Wildman–Crippen MR) is 253 cm³/mol. The minimum Gasteiger partial charge on any atom is -0.480 e. The molecule has 0 fully saturated rings. The maximum Gasteiger partial charge on any atom is 0.472 e. The normalized spacial score (nSPS) is 14.7. The summed E-state index contributed by atoms with van der Waals surface area (Å²) in [7, 11) is -4.63. The first-order valence-electron chi connectivity index (χ1n) is 23.3. The third-order valence-corrected chi connectivity index (χ3v) is 10.3. The van der Waals surface area contributed by atoms with E-state index in [0.29, 0.717) is 13.0 Å². The molecule has 0 radical (unpaired) electrons. The van der Waals surface area contributed by atoms with E-state index in [4.69, 9.17) is 29.4 Å². The summed E-state index contributed by atoms with van der Waals surface area (Å²) >= 11 is 0. The van der Waals surface area contributed by atoms with Crippen LogP contribution in [0.25, 0.3) is 0 Å². The van der Waals surface area contributed by atoms with Crippen LogP contribution in [0.15, 0.2) is 97.2 Å². The first kappa shape index (κ1) is 57.9. The lowest BCUT2D eigenvalue weighted by atomic mass is 10.1. The molecule has 11 heteroatoms. The lowest BCUT2D eigenvalue weighted by Gasteiger charge is -2.20. The van der Waals surface area contributed by atoms with E-state index in [2.05, 4.69) is 111 Å². The van der Waals surface area contributed by atoms with Gasteiger partial charge in [-0.1, -0.05) is 169 Å². The average Bonchev–Trinajstić information content (AvgIpc) is 3.24. The Kier molecular flexibility index (Phi) is 42.6. The molecule has 0 spiro atoms. The van der Waals surface area contributed by atoms with E-state index in [1.54, 1.807) is 0 Å². The number of unbranched alkanes of at least 4 members (excludes halogenated alkanes) is 13. The maximum absolute atomic E-state index is 12.7. The largest absolute Gasteiger partial charge is 0.480 e. The van der Waals surface area contributed by atoms with Crippen LogP contribution in [0.1, 0.15) is 168 Å². The number of aliphatic carboxylic acids is 1. The van der Waals surface area contributed by atoms with Gasteiger partial charge in [0.05, 0.1) is 19.8 Å². The van der Waals surface area contributed by atoms with E-state index < -0.39 is 45.1 Å². The van der Waals surface area contributed by atoms with Crippen LogP contribution < -0.4 is 5.73 Å². The van der Waals surface area contributed by atoms with Gasteiger partial charge < -0.3 is 25.2 Å². The first-order valence-corrected chi connectivity index (χ1v) is 24.8. The van der Waals surface area contributed by atoms with Gasteiger partial charge in [0.25, 0.3) is 0 Å².